The number of hydrogen-bond acceptors (Lipinski definition) is 5. The molecule has 0 saturated heterocycles. The number of esters is 1. The first-order chi connectivity index (χ1) is 10.4. The summed E-state index contributed by atoms with van der Waals surface area (Å²) in [5, 5.41) is 2.58. The van der Waals surface area contributed by atoms with Crippen molar-refractivity contribution in [1.29, 1.82) is 0 Å². The average molecular weight is 307 g/mol. The Balaban J connectivity index is 2.80. The van der Waals surface area contributed by atoms with Crippen LogP contribution in [0.3, 0.4) is 0 Å². The molecule has 120 valence electrons. The summed E-state index contributed by atoms with van der Waals surface area (Å²) < 4.78 is 10.3. The van der Waals surface area contributed by atoms with Crippen LogP contribution >= 0.6 is 0 Å². The maximum Gasteiger partial charge on any atom is 0.311 e. The molecule has 6 heteroatoms. The molecule has 0 fully saturated rings. The number of carbonyl (C=O) groups excluding carboxylic acids is 3. The van der Waals surface area contributed by atoms with E-state index in [9.17, 15) is 14.4 Å². The van der Waals surface area contributed by atoms with E-state index in [0.717, 1.165) is 0 Å². The first kappa shape index (κ1) is 17.7. The molecular weight excluding hydrogens is 286 g/mol. The van der Waals surface area contributed by atoms with Gasteiger partial charge in [-0.3, -0.25) is 14.4 Å². The Bertz CT molecular complexity index is 568. The predicted octanol–water partition coefficient (Wildman–Crippen LogP) is 1.51. The number of hydrogen-bond donors (Lipinski definition) is 1. The molecule has 0 saturated carbocycles. The highest BCUT2D eigenvalue weighted by Gasteiger charge is 2.19. The second-order valence-electron chi connectivity index (χ2n) is 4.79. The minimum atomic E-state index is -0.866. The second-order valence-corrected chi connectivity index (χ2v) is 4.79. The lowest BCUT2D eigenvalue weighted by atomic mass is 10.0. The van der Waals surface area contributed by atoms with Gasteiger partial charge in [0.05, 0.1) is 13.5 Å². The molecule has 0 bridgehead atoms. The van der Waals surface area contributed by atoms with Gasteiger partial charge in [0.1, 0.15) is 5.75 Å². The molecule has 1 rings (SSSR count). The summed E-state index contributed by atoms with van der Waals surface area (Å²) in [4.78, 5) is 34.9. The summed E-state index contributed by atoms with van der Waals surface area (Å²) in [6.07, 6.45) is -0.942. The van der Waals surface area contributed by atoms with Gasteiger partial charge in [-0.05, 0) is 39.0 Å². The lowest BCUT2D eigenvalue weighted by molar-refractivity contribution is -0.154. The zero-order valence-corrected chi connectivity index (χ0v) is 13.3. The summed E-state index contributed by atoms with van der Waals surface area (Å²) >= 11 is 0. The molecular formula is C16H21NO5. The van der Waals surface area contributed by atoms with Crippen molar-refractivity contribution in [2.45, 2.75) is 33.3 Å². The number of likely N-dealkylation sites (N-methyl/N-ethyl adjacent to an activating group) is 1. The van der Waals surface area contributed by atoms with Crippen molar-refractivity contribution in [2.24, 2.45) is 0 Å². The number of rotatable bonds is 7. The Kier molecular flexibility index (Phi) is 6.56. The first-order valence-electron chi connectivity index (χ1n) is 7.04. The van der Waals surface area contributed by atoms with Crippen molar-refractivity contribution in [1.82, 2.24) is 5.32 Å². The van der Waals surface area contributed by atoms with Crippen molar-refractivity contribution in [3.8, 4) is 5.75 Å². The Labute approximate surface area is 129 Å². The van der Waals surface area contributed by atoms with Crippen molar-refractivity contribution >= 4 is 17.7 Å². The molecule has 1 N–H and O–H groups in total. The number of Topliss-reactive ketones (excluding diaryl/α,β-unsaturated/α-hetero) is 1. The van der Waals surface area contributed by atoms with Crippen molar-refractivity contribution < 1.29 is 23.9 Å². The van der Waals surface area contributed by atoms with Gasteiger partial charge in [0.2, 0.25) is 0 Å². The summed E-state index contributed by atoms with van der Waals surface area (Å²) in [7, 11) is 1.48. The Morgan fingerprint density at radius 1 is 1.27 bits per heavy atom. The standard InChI is InChI=1S/C16H21NO5/c1-5-17-16(20)11(3)22-15(19)9-13-8-12(10(2)18)6-7-14(13)21-4/h6-8,11H,5,9H2,1-4H3,(H,17,20)/t11-/m0/s1. The molecule has 0 aliphatic carbocycles. The molecule has 1 atom stereocenters. The minimum absolute atomic E-state index is 0.0754. The topological polar surface area (TPSA) is 81.7 Å². The Morgan fingerprint density at radius 2 is 1.95 bits per heavy atom. The molecule has 22 heavy (non-hydrogen) atoms. The highest BCUT2D eigenvalue weighted by Crippen LogP contribution is 2.21. The van der Waals surface area contributed by atoms with E-state index in [-0.39, 0.29) is 18.1 Å². The van der Waals surface area contributed by atoms with Crippen LogP contribution in [0.4, 0.5) is 0 Å². The van der Waals surface area contributed by atoms with Crippen LogP contribution in [0, 0.1) is 0 Å². The molecule has 0 aliphatic heterocycles. The van der Waals surface area contributed by atoms with E-state index in [1.165, 1.54) is 21.0 Å². The molecule has 1 aromatic rings. The van der Waals surface area contributed by atoms with E-state index in [1.54, 1.807) is 25.1 Å². The van der Waals surface area contributed by atoms with Gasteiger partial charge in [-0.15, -0.1) is 0 Å². The molecule has 0 radical (unpaired) electrons. The van der Waals surface area contributed by atoms with Crippen LogP contribution in [0.1, 0.15) is 36.7 Å². The van der Waals surface area contributed by atoms with Crippen LogP contribution in [0.2, 0.25) is 0 Å². The third kappa shape index (κ3) is 4.87. The van der Waals surface area contributed by atoms with Crippen LogP contribution in [0.15, 0.2) is 18.2 Å². The molecule has 0 unspecified atom stereocenters. The molecule has 6 nitrogen and oxygen atoms in total. The third-order valence-corrected chi connectivity index (χ3v) is 3.05. The van der Waals surface area contributed by atoms with E-state index >= 15 is 0 Å². The van der Waals surface area contributed by atoms with Gasteiger partial charge in [0.15, 0.2) is 11.9 Å². The highest BCUT2D eigenvalue weighted by atomic mass is 16.5. The number of benzene rings is 1. The van der Waals surface area contributed by atoms with Gasteiger partial charge in [0.25, 0.3) is 5.91 Å². The monoisotopic (exact) mass is 307 g/mol. The van der Waals surface area contributed by atoms with Gasteiger partial charge in [-0.1, -0.05) is 0 Å². The Morgan fingerprint density at radius 3 is 2.50 bits per heavy atom. The SMILES string of the molecule is CCNC(=O)[C@H](C)OC(=O)Cc1cc(C(C)=O)ccc1OC. The molecule has 0 aromatic heterocycles. The van der Waals surface area contributed by atoms with Gasteiger partial charge in [-0.25, -0.2) is 0 Å². The number of amides is 1. The van der Waals surface area contributed by atoms with Crippen LogP contribution in [0.25, 0.3) is 0 Å². The van der Waals surface area contributed by atoms with Crippen LogP contribution in [-0.4, -0.2) is 37.4 Å². The molecule has 0 aliphatic rings. The number of nitrogens with one attached hydrogen (secondary N) is 1. The van der Waals surface area contributed by atoms with E-state index < -0.39 is 12.1 Å². The summed E-state index contributed by atoms with van der Waals surface area (Å²) in [5.74, 6) is -0.515. The van der Waals surface area contributed by atoms with Gasteiger partial charge in [0, 0.05) is 17.7 Å². The molecule has 0 spiro atoms. The highest BCUT2D eigenvalue weighted by molar-refractivity contribution is 5.94. The van der Waals surface area contributed by atoms with Crippen molar-refractivity contribution in [3.05, 3.63) is 29.3 Å². The molecule has 1 amide bonds. The van der Waals surface area contributed by atoms with Crippen LogP contribution in [0.5, 0.6) is 5.75 Å². The lowest BCUT2D eigenvalue weighted by Crippen LogP contribution is -2.35. The maximum absolute atomic E-state index is 11.9. The normalized spacial score (nSPS) is 11.5. The van der Waals surface area contributed by atoms with E-state index in [0.29, 0.717) is 23.4 Å². The molecule has 1 aromatic carbocycles. The zero-order valence-electron chi connectivity index (χ0n) is 13.3. The fourth-order valence-electron chi connectivity index (χ4n) is 1.90. The fraction of sp³-hybridized carbons (Fsp3) is 0.438. The summed E-state index contributed by atoms with van der Waals surface area (Å²) in [6.45, 7) is 5.20. The first-order valence-corrected chi connectivity index (χ1v) is 7.04. The van der Waals surface area contributed by atoms with E-state index in [1.807, 2.05) is 0 Å². The average Bonchev–Trinajstić information content (AvgIpc) is 2.47. The van der Waals surface area contributed by atoms with Gasteiger partial charge < -0.3 is 14.8 Å². The maximum atomic E-state index is 11.9. The number of carbonyl (C=O) groups is 3. The number of ether oxygens (including phenoxy) is 2. The van der Waals surface area contributed by atoms with Gasteiger partial charge >= 0.3 is 5.97 Å². The third-order valence-electron chi connectivity index (χ3n) is 3.05. The van der Waals surface area contributed by atoms with E-state index in [4.69, 9.17) is 9.47 Å². The smallest absolute Gasteiger partial charge is 0.311 e. The van der Waals surface area contributed by atoms with Crippen LogP contribution < -0.4 is 10.1 Å². The van der Waals surface area contributed by atoms with Crippen molar-refractivity contribution in [2.75, 3.05) is 13.7 Å². The van der Waals surface area contributed by atoms with Gasteiger partial charge in [-0.2, -0.15) is 0 Å². The quantitative estimate of drug-likeness (QED) is 0.610. The van der Waals surface area contributed by atoms with E-state index in [2.05, 4.69) is 5.32 Å². The lowest BCUT2D eigenvalue weighted by Gasteiger charge is -2.14. The van der Waals surface area contributed by atoms with Crippen LogP contribution in [-0.2, 0) is 20.7 Å². The number of methoxy groups -OCH3 is 1. The largest absolute Gasteiger partial charge is 0.496 e. The second kappa shape index (κ2) is 8.17. The number of ketones is 1. The van der Waals surface area contributed by atoms with Crippen molar-refractivity contribution in [3.63, 3.8) is 0 Å². The Hall–Kier alpha value is -2.37. The fourth-order valence-corrected chi connectivity index (χ4v) is 1.90. The minimum Gasteiger partial charge on any atom is -0.496 e. The predicted molar refractivity (Wildman–Crippen MR) is 80.9 cm³/mol. The summed E-state index contributed by atoms with van der Waals surface area (Å²) in [6, 6.07) is 4.86. The summed E-state index contributed by atoms with van der Waals surface area (Å²) in [5.41, 5.74) is 1.03. The molecule has 0 heterocycles. The zero-order chi connectivity index (χ0) is 16.7.